The number of carbonyl (C=O) groups is 3. The second-order valence-corrected chi connectivity index (χ2v) is 6.71. The number of carbonyl (C=O) groups excluding carboxylic acids is 3. The second-order valence-electron chi connectivity index (χ2n) is 6.71. The summed E-state index contributed by atoms with van der Waals surface area (Å²) >= 11 is 0. The Morgan fingerprint density at radius 3 is 2.42 bits per heavy atom. The quantitative estimate of drug-likeness (QED) is 0.407. The molecular formula is C23H23NO7. The minimum absolute atomic E-state index is 0.0332. The molecule has 162 valence electrons. The first-order chi connectivity index (χ1) is 14.9. The van der Waals surface area contributed by atoms with Gasteiger partial charge < -0.3 is 23.6 Å². The number of benzene rings is 1. The summed E-state index contributed by atoms with van der Waals surface area (Å²) in [5.74, 6) is -0.661. The number of hydrogen-bond donors (Lipinski definition) is 1. The van der Waals surface area contributed by atoms with Gasteiger partial charge in [-0.3, -0.25) is 4.79 Å². The molecule has 0 unspecified atom stereocenters. The molecule has 0 bridgehead atoms. The van der Waals surface area contributed by atoms with Gasteiger partial charge in [-0.05, 0) is 50.6 Å². The average molecular weight is 425 g/mol. The molecule has 31 heavy (non-hydrogen) atoms. The number of aromatic amines is 1. The molecule has 0 atom stereocenters. The SMILES string of the molecule is CCOC(=O)c1[nH]c(C)c(C(=O)COC(=O)c2ccc(COc3ccccc3)o2)c1C. The summed E-state index contributed by atoms with van der Waals surface area (Å²) in [5, 5.41) is 0. The van der Waals surface area contributed by atoms with E-state index in [0.29, 0.717) is 28.3 Å². The van der Waals surface area contributed by atoms with Crippen LogP contribution in [0.4, 0.5) is 0 Å². The number of ether oxygens (including phenoxy) is 3. The molecule has 0 fully saturated rings. The van der Waals surface area contributed by atoms with Crippen molar-refractivity contribution in [2.24, 2.45) is 0 Å². The maximum Gasteiger partial charge on any atom is 0.374 e. The first-order valence-corrected chi connectivity index (χ1v) is 9.73. The van der Waals surface area contributed by atoms with Gasteiger partial charge in [0.25, 0.3) is 0 Å². The number of aryl methyl sites for hydroxylation is 1. The summed E-state index contributed by atoms with van der Waals surface area (Å²) in [6.07, 6.45) is 0. The Bertz CT molecular complexity index is 1080. The molecule has 2 heterocycles. The first kappa shape index (κ1) is 21.9. The Morgan fingerprint density at radius 1 is 0.968 bits per heavy atom. The highest BCUT2D eigenvalue weighted by Crippen LogP contribution is 2.20. The van der Waals surface area contributed by atoms with Gasteiger partial charge in [-0.25, -0.2) is 9.59 Å². The van der Waals surface area contributed by atoms with Crippen molar-refractivity contribution in [1.29, 1.82) is 0 Å². The van der Waals surface area contributed by atoms with Crippen LogP contribution in [-0.2, 0) is 16.1 Å². The van der Waals surface area contributed by atoms with E-state index < -0.39 is 24.3 Å². The number of hydrogen-bond acceptors (Lipinski definition) is 7. The molecule has 1 aromatic carbocycles. The van der Waals surface area contributed by atoms with Crippen LogP contribution in [-0.4, -0.2) is 35.9 Å². The largest absolute Gasteiger partial charge is 0.486 e. The molecule has 0 saturated carbocycles. The van der Waals surface area contributed by atoms with E-state index in [9.17, 15) is 14.4 Å². The Hall–Kier alpha value is -3.81. The molecule has 0 spiro atoms. The van der Waals surface area contributed by atoms with E-state index in [-0.39, 0.29) is 24.7 Å². The normalized spacial score (nSPS) is 10.5. The Morgan fingerprint density at radius 2 is 1.71 bits per heavy atom. The van der Waals surface area contributed by atoms with Gasteiger partial charge in [0.2, 0.25) is 11.5 Å². The van der Waals surface area contributed by atoms with Crippen molar-refractivity contribution in [3.8, 4) is 5.75 Å². The first-order valence-electron chi connectivity index (χ1n) is 9.73. The highest BCUT2D eigenvalue weighted by molar-refractivity contribution is 6.04. The van der Waals surface area contributed by atoms with Gasteiger partial charge in [0.15, 0.2) is 6.61 Å². The molecule has 8 nitrogen and oxygen atoms in total. The number of ketones is 1. The summed E-state index contributed by atoms with van der Waals surface area (Å²) in [4.78, 5) is 39.7. The van der Waals surface area contributed by atoms with Gasteiger partial charge in [-0.15, -0.1) is 0 Å². The van der Waals surface area contributed by atoms with Gasteiger partial charge in [0.1, 0.15) is 23.8 Å². The number of furan rings is 1. The standard InChI is InChI=1S/C23H23NO7/c1-4-28-23(27)21-14(2)20(15(3)24-21)18(25)13-30-22(26)19-11-10-17(31-19)12-29-16-8-6-5-7-9-16/h5-11,24H,4,12-13H2,1-3H3. The van der Waals surface area contributed by atoms with E-state index in [0.717, 1.165) is 0 Å². The fourth-order valence-electron chi connectivity index (χ4n) is 3.09. The lowest BCUT2D eigenvalue weighted by molar-refractivity contribution is 0.0439. The molecule has 0 aliphatic heterocycles. The zero-order valence-corrected chi connectivity index (χ0v) is 17.5. The summed E-state index contributed by atoms with van der Waals surface area (Å²) in [5.41, 5.74) is 1.46. The molecule has 0 aliphatic carbocycles. The molecule has 1 N–H and O–H groups in total. The zero-order chi connectivity index (χ0) is 22.4. The number of H-pyrrole nitrogens is 1. The van der Waals surface area contributed by atoms with Crippen molar-refractivity contribution in [3.63, 3.8) is 0 Å². The maximum absolute atomic E-state index is 12.6. The van der Waals surface area contributed by atoms with E-state index in [1.807, 2.05) is 30.3 Å². The Balaban J connectivity index is 1.58. The lowest BCUT2D eigenvalue weighted by Gasteiger charge is -2.05. The molecule has 0 radical (unpaired) electrons. The van der Waals surface area contributed by atoms with E-state index in [2.05, 4.69) is 4.98 Å². The minimum atomic E-state index is -0.768. The van der Waals surface area contributed by atoms with Crippen LogP contribution >= 0.6 is 0 Å². The number of nitrogens with one attached hydrogen (secondary N) is 1. The lowest BCUT2D eigenvalue weighted by Crippen LogP contribution is -2.15. The van der Waals surface area contributed by atoms with Crippen LogP contribution in [0.5, 0.6) is 5.75 Å². The number of rotatable bonds is 9. The van der Waals surface area contributed by atoms with Crippen molar-refractivity contribution < 1.29 is 33.0 Å². The van der Waals surface area contributed by atoms with Crippen LogP contribution in [0.25, 0.3) is 0 Å². The molecule has 3 rings (SSSR count). The van der Waals surface area contributed by atoms with Crippen molar-refractivity contribution in [1.82, 2.24) is 4.98 Å². The third kappa shape index (κ3) is 5.22. The van der Waals surface area contributed by atoms with Crippen LogP contribution in [0.2, 0.25) is 0 Å². The molecule has 3 aromatic rings. The smallest absolute Gasteiger partial charge is 0.374 e. The Labute approximate surface area is 179 Å². The van der Waals surface area contributed by atoms with Gasteiger partial charge in [0, 0.05) is 11.3 Å². The molecule has 2 aromatic heterocycles. The highest BCUT2D eigenvalue weighted by atomic mass is 16.6. The monoisotopic (exact) mass is 425 g/mol. The van der Waals surface area contributed by atoms with Gasteiger partial charge >= 0.3 is 11.9 Å². The number of esters is 2. The summed E-state index contributed by atoms with van der Waals surface area (Å²) < 4.78 is 21.1. The van der Waals surface area contributed by atoms with Gasteiger partial charge in [-0.2, -0.15) is 0 Å². The van der Waals surface area contributed by atoms with Crippen LogP contribution in [0.3, 0.4) is 0 Å². The average Bonchev–Trinajstić information content (AvgIpc) is 3.35. The molecule has 0 amide bonds. The summed E-state index contributed by atoms with van der Waals surface area (Å²) in [7, 11) is 0. The number of aromatic nitrogens is 1. The van der Waals surface area contributed by atoms with Gasteiger partial charge in [0.05, 0.1) is 6.61 Å². The van der Waals surface area contributed by atoms with Crippen LogP contribution in [0.15, 0.2) is 46.9 Å². The van der Waals surface area contributed by atoms with Gasteiger partial charge in [-0.1, -0.05) is 18.2 Å². The molecule has 0 saturated heterocycles. The predicted molar refractivity (Wildman–Crippen MR) is 110 cm³/mol. The summed E-state index contributed by atoms with van der Waals surface area (Å²) in [6.45, 7) is 4.87. The zero-order valence-electron chi connectivity index (χ0n) is 17.5. The highest BCUT2D eigenvalue weighted by Gasteiger charge is 2.24. The van der Waals surface area contributed by atoms with Crippen LogP contribution in [0, 0.1) is 13.8 Å². The molecule has 0 aliphatic rings. The van der Waals surface area contributed by atoms with E-state index >= 15 is 0 Å². The fraction of sp³-hybridized carbons (Fsp3) is 0.261. The minimum Gasteiger partial charge on any atom is -0.486 e. The van der Waals surface area contributed by atoms with E-state index in [4.69, 9.17) is 18.6 Å². The van der Waals surface area contributed by atoms with Crippen LogP contribution in [0.1, 0.15) is 55.3 Å². The third-order valence-electron chi connectivity index (χ3n) is 4.52. The van der Waals surface area contributed by atoms with Crippen molar-refractivity contribution in [2.45, 2.75) is 27.4 Å². The Kier molecular flexibility index (Phi) is 6.92. The van der Waals surface area contributed by atoms with E-state index in [1.54, 1.807) is 26.8 Å². The van der Waals surface area contributed by atoms with Crippen molar-refractivity contribution in [3.05, 3.63) is 76.5 Å². The summed E-state index contributed by atoms with van der Waals surface area (Å²) in [6, 6.07) is 12.3. The topological polar surface area (TPSA) is 108 Å². The number of para-hydroxylation sites is 1. The second kappa shape index (κ2) is 9.80. The molecular weight excluding hydrogens is 402 g/mol. The predicted octanol–water partition coefficient (Wildman–Crippen LogP) is 4.02. The maximum atomic E-state index is 12.6. The van der Waals surface area contributed by atoms with Crippen molar-refractivity contribution in [2.75, 3.05) is 13.2 Å². The molecule has 8 heteroatoms. The third-order valence-corrected chi connectivity index (χ3v) is 4.52. The number of Topliss-reactive ketones (excluding diaryl/α,β-unsaturated/α-hetero) is 1. The van der Waals surface area contributed by atoms with E-state index in [1.165, 1.54) is 6.07 Å². The van der Waals surface area contributed by atoms with Crippen molar-refractivity contribution >= 4 is 17.7 Å². The van der Waals surface area contributed by atoms with Crippen LogP contribution < -0.4 is 4.74 Å². The fourth-order valence-corrected chi connectivity index (χ4v) is 3.09. The lowest BCUT2D eigenvalue weighted by atomic mass is 10.1.